The third kappa shape index (κ3) is 5.57. The van der Waals surface area contributed by atoms with Crippen molar-refractivity contribution in [3.8, 4) is 29.6 Å². The van der Waals surface area contributed by atoms with Crippen molar-refractivity contribution in [2.24, 2.45) is 4.99 Å². The van der Waals surface area contributed by atoms with Crippen molar-refractivity contribution in [2.45, 2.75) is 13.0 Å². The maximum atomic E-state index is 14.1. The summed E-state index contributed by atoms with van der Waals surface area (Å²) in [6.07, 6.45) is 7.08. The van der Waals surface area contributed by atoms with Crippen LogP contribution in [0.3, 0.4) is 0 Å². The number of rotatable bonds is 9. The normalized spacial score (nSPS) is 14.4. The summed E-state index contributed by atoms with van der Waals surface area (Å²) < 4.78 is 23.9. The largest absolute Gasteiger partial charge is 0.497 e. The standard InChI is InChI=1S/C33H28N2O6S/c1-5-18-41-25-17-12-21(19-26(25)39-4)20-27-31(36)35-30(23-13-15-24(38-3)16-14-23)28(32(37)40-6-2)29(34-33(35)42-27)22-10-8-7-9-11-22/h1,7-17,19-20,30H,6,18H2,2-4H3/b27-20-/t30-/m1/s1. The van der Waals surface area contributed by atoms with Crippen LogP contribution in [0.5, 0.6) is 17.2 Å². The average Bonchev–Trinajstić information content (AvgIpc) is 3.34. The first-order valence-corrected chi connectivity index (χ1v) is 14.0. The molecule has 0 saturated carbocycles. The van der Waals surface area contributed by atoms with Gasteiger partial charge in [0.05, 0.1) is 42.7 Å². The summed E-state index contributed by atoms with van der Waals surface area (Å²) in [4.78, 5) is 32.9. The Balaban J connectivity index is 1.75. The van der Waals surface area contributed by atoms with Gasteiger partial charge in [0.1, 0.15) is 12.4 Å². The molecule has 1 aromatic heterocycles. The van der Waals surface area contributed by atoms with Gasteiger partial charge in [-0.3, -0.25) is 9.36 Å². The van der Waals surface area contributed by atoms with Crippen LogP contribution < -0.4 is 29.1 Å². The van der Waals surface area contributed by atoms with Crippen LogP contribution in [0.25, 0.3) is 11.8 Å². The van der Waals surface area contributed by atoms with Gasteiger partial charge < -0.3 is 18.9 Å². The minimum absolute atomic E-state index is 0.103. The monoisotopic (exact) mass is 580 g/mol. The Labute approximate surface area is 246 Å². The van der Waals surface area contributed by atoms with Gasteiger partial charge in [0.2, 0.25) is 0 Å². The summed E-state index contributed by atoms with van der Waals surface area (Å²) in [5.41, 5.74) is 2.62. The molecule has 212 valence electrons. The summed E-state index contributed by atoms with van der Waals surface area (Å²) in [5, 5.41) is 0. The number of nitrogens with zero attached hydrogens (tertiary/aromatic N) is 2. The lowest BCUT2D eigenvalue weighted by atomic mass is 9.93. The van der Waals surface area contributed by atoms with Crippen molar-refractivity contribution in [3.63, 3.8) is 0 Å². The van der Waals surface area contributed by atoms with Gasteiger partial charge >= 0.3 is 5.97 Å². The Kier molecular flexibility index (Phi) is 8.55. The second kappa shape index (κ2) is 12.6. The Bertz CT molecular complexity index is 1860. The fraction of sp³-hybridized carbons (Fsp3) is 0.182. The number of hydrogen-bond acceptors (Lipinski definition) is 8. The average molecular weight is 581 g/mol. The molecular formula is C33H28N2O6S. The molecule has 0 fully saturated rings. The first-order chi connectivity index (χ1) is 20.5. The summed E-state index contributed by atoms with van der Waals surface area (Å²) in [6.45, 7) is 2.02. The smallest absolute Gasteiger partial charge is 0.338 e. The molecule has 0 amide bonds. The first kappa shape index (κ1) is 28.5. The van der Waals surface area contributed by atoms with E-state index in [1.165, 1.54) is 18.4 Å². The zero-order valence-electron chi connectivity index (χ0n) is 23.3. The number of ether oxygens (including phenoxy) is 4. The molecule has 0 spiro atoms. The fourth-order valence-electron chi connectivity index (χ4n) is 4.71. The van der Waals surface area contributed by atoms with Gasteiger partial charge in [0.25, 0.3) is 5.56 Å². The molecule has 0 radical (unpaired) electrons. The van der Waals surface area contributed by atoms with Crippen LogP contribution in [0.4, 0.5) is 0 Å². The first-order valence-electron chi connectivity index (χ1n) is 13.2. The molecular weight excluding hydrogens is 552 g/mol. The molecule has 1 atom stereocenters. The highest BCUT2D eigenvalue weighted by Gasteiger charge is 2.35. The molecule has 2 heterocycles. The van der Waals surface area contributed by atoms with Crippen LogP contribution >= 0.6 is 11.3 Å². The number of esters is 1. The lowest BCUT2D eigenvalue weighted by Crippen LogP contribution is -2.40. The van der Waals surface area contributed by atoms with E-state index in [1.54, 1.807) is 48.9 Å². The summed E-state index contributed by atoms with van der Waals surface area (Å²) >= 11 is 1.24. The maximum absolute atomic E-state index is 14.1. The van der Waals surface area contributed by atoms with E-state index in [4.69, 9.17) is 30.4 Å². The van der Waals surface area contributed by atoms with E-state index in [0.29, 0.717) is 37.8 Å². The topological polar surface area (TPSA) is 88.4 Å². The summed E-state index contributed by atoms with van der Waals surface area (Å²) in [6, 6.07) is 21.2. The Morgan fingerprint density at radius 2 is 1.81 bits per heavy atom. The van der Waals surface area contributed by atoms with Crippen molar-refractivity contribution in [3.05, 3.63) is 115 Å². The van der Waals surface area contributed by atoms with Gasteiger partial charge in [-0.05, 0) is 48.4 Å². The van der Waals surface area contributed by atoms with Gasteiger partial charge in [-0.2, -0.15) is 0 Å². The number of carbonyl (C=O) groups is 1. The Morgan fingerprint density at radius 3 is 2.48 bits per heavy atom. The third-order valence-corrected chi connectivity index (χ3v) is 7.58. The fourth-order valence-corrected chi connectivity index (χ4v) is 5.71. The van der Waals surface area contributed by atoms with E-state index < -0.39 is 12.0 Å². The van der Waals surface area contributed by atoms with E-state index in [9.17, 15) is 9.59 Å². The van der Waals surface area contributed by atoms with Crippen molar-refractivity contribution >= 4 is 29.1 Å². The molecule has 0 N–H and O–H groups in total. The zero-order valence-corrected chi connectivity index (χ0v) is 24.1. The number of aromatic nitrogens is 1. The second-order valence-electron chi connectivity index (χ2n) is 9.11. The number of hydrogen-bond donors (Lipinski definition) is 0. The van der Waals surface area contributed by atoms with Crippen LogP contribution in [0.2, 0.25) is 0 Å². The van der Waals surface area contributed by atoms with Crippen LogP contribution in [-0.2, 0) is 9.53 Å². The van der Waals surface area contributed by atoms with Gasteiger partial charge in [-0.15, -0.1) is 6.42 Å². The molecule has 1 aliphatic rings. The number of fused-ring (bicyclic) bond motifs is 1. The van der Waals surface area contributed by atoms with Gasteiger partial charge in [0.15, 0.2) is 16.3 Å². The Morgan fingerprint density at radius 1 is 1.05 bits per heavy atom. The van der Waals surface area contributed by atoms with Crippen molar-refractivity contribution < 1.29 is 23.7 Å². The molecule has 5 rings (SSSR count). The lowest BCUT2D eigenvalue weighted by molar-refractivity contribution is -0.138. The molecule has 0 saturated heterocycles. The number of methoxy groups -OCH3 is 2. The molecule has 8 nitrogen and oxygen atoms in total. The summed E-state index contributed by atoms with van der Waals surface area (Å²) in [5.74, 6) is 3.53. The maximum Gasteiger partial charge on any atom is 0.338 e. The molecule has 42 heavy (non-hydrogen) atoms. The molecule has 0 bridgehead atoms. The van der Waals surface area contributed by atoms with E-state index in [2.05, 4.69) is 5.92 Å². The molecule has 1 aliphatic heterocycles. The minimum Gasteiger partial charge on any atom is -0.497 e. The molecule has 4 aromatic rings. The number of benzene rings is 3. The minimum atomic E-state index is -0.780. The van der Waals surface area contributed by atoms with E-state index in [-0.39, 0.29) is 24.3 Å². The van der Waals surface area contributed by atoms with Gasteiger partial charge in [0, 0.05) is 5.56 Å². The van der Waals surface area contributed by atoms with E-state index in [1.807, 2.05) is 48.5 Å². The van der Waals surface area contributed by atoms with Crippen molar-refractivity contribution in [1.29, 1.82) is 0 Å². The van der Waals surface area contributed by atoms with Crippen LogP contribution in [0.15, 0.2) is 88.2 Å². The third-order valence-electron chi connectivity index (χ3n) is 6.60. The number of thiazole rings is 1. The van der Waals surface area contributed by atoms with E-state index >= 15 is 0 Å². The van der Waals surface area contributed by atoms with Gasteiger partial charge in [-0.25, -0.2) is 9.79 Å². The highest BCUT2D eigenvalue weighted by molar-refractivity contribution is 7.07. The zero-order chi connectivity index (χ0) is 29.6. The Hall–Kier alpha value is -5.07. The highest BCUT2D eigenvalue weighted by atomic mass is 32.1. The van der Waals surface area contributed by atoms with Crippen molar-refractivity contribution in [1.82, 2.24) is 4.57 Å². The SMILES string of the molecule is C#CCOc1ccc(/C=c2\sc3n(c2=O)[C@H](c2ccc(OC)cc2)C(C(=O)OCC)=C(c2ccccc2)N=3)cc1OC. The number of terminal acetylenes is 1. The van der Waals surface area contributed by atoms with Crippen LogP contribution in [-0.4, -0.2) is 38.0 Å². The van der Waals surface area contributed by atoms with E-state index in [0.717, 1.165) is 11.1 Å². The quantitative estimate of drug-likeness (QED) is 0.220. The van der Waals surface area contributed by atoms with Crippen molar-refractivity contribution in [2.75, 3.05) is 27.4 Å². The van der Waals surface area contributed by atoms with Gasteiger partial charge in [-0.1, -0.05) is 65.8 Å². The second-order valence-corrected chi connectivity index (χ2v) is 10.1. The molecule has 0 aliphatic carbocycles. The number of carbonyl (C=O) groups excluding carboxylic acids is 1. The predicted octanol–water partition coefficient (Wildman–Crippen LogP) is 3.96. The van der Waals surface area contributed by atoms with Crippen LogP contribution in [0.1, 0.15) is 29.7 Å². The molecule has 9 heteroatoms. The predicted molar refractivity (Wildman–Crippen MR) is 161 cm³/mol. The summed E-state index contributed by atoms with van der Waals surface area (Å²) in [7, 11) is 3.12. The molecule has 0 unspecified atom stereocenters. The lowest BCUT2D eigenvalue weighted by Gasteiger charge is -2.26. The molecule has 3 aromatic carbocycles. The van der Waals surface area contributed by atoms with Crippen LogP contribution in [0, 0.1) is 12.3 Å². The highest BCUT2D eigenvalue weighted by Crippen LogP contribution is 2.35.